The van der Waals surface area contributed by atoms with E-state index >= 15 is 0 Å². The molecule has 1 nitrogen and oxygen atoms in total. The van der Waals surface area contributed by atoms with Crippen LogP contribution in [0.25, 0.3) is 33.3 Å². The second-order valence-electron chi connectivity index (χ2n) is 5.40. The van der Waals surface area contributed by atoms with Gasteiger partial charge in [0.1, 0.15) is 0 Å². The number of hydrogen-bond acceptors (Lipinski definition) is 1. The number of rotatable bonds is 2. The monoisotopic (exact) mass is 315 g/mol. The van der Waals surface area contributed by atoms with Crippen LogP contribution in [0.1, 0.15) is 0 Å². The Kier molecular flexibility index (Phi) is 3.57. The summed E-state index contributed by atoms with van der Waals surface area (Å²) in [6.45, 7) is 0. The van der Waals surface area contributed by atoms with E-state index in [0.717, 1.165) is 33.3 Å². The van der Waals surface area contributed by atoms with Crippen molar-refractivity contribution in [2.24, 2.45) is 0 Å². The summed E-state index contributed by atoms with van der Waals surface area (Å²) >= 11 is 6.79. The normalized spacial score (nSPS) is 10.8. The smallest absolute Gasteiger partial charge is 0.0902 e. The van der Waals surface area contributed by atoms with Crippen LogP contribution >= 0.6 is 11.6 Å². The first kappa shape index (κ1) is 14.0. The van der Waals surface area contributed by atoms with Gasteiger partial charge in [-0.3, -0.25) is 0 Å². The Bertz CT molecular complexity index is 963. The van der Waals surface area contributed by atoms with Gasteiger partial charge in [-0.1, -0.05) is 90.5 Å². The van der Waals surface area contributed by atoms with Gasteiger partial charge >= 0.3 is 0 Å². The summed E-state index contributed by atoms with van der Waals surface area (Å²) in [4.78, 5) is 4.80. The molecule has 3 aromatic carbocycles. The van der Waals surface area contributed by atoms with Crippen LogP contribution in [0.5, 0.6) is 0 Å². The summed E-state index contributed by atoms with van der Waals surface area (Å²) in [5.41, 5.74) is 4.95. The SMILES string of the molecule is Clc1c(-c2ccccc2)nc2ccccc2c1-c1ccccc1. The van der Waals surface area contributed by atoms with E-state index in [1.807, 2.05) is 66.7 Å². The number of aromatic nitrogens is 1. The molecule has 0 saturated carbocycles. The van der Waals surface area contributed by atoms with E-state index in [2.05, 4.69) is 18.2 Å². The molecule has 0 unspecified atom stereocenters. The van der Waals surface area contributed by atoms with Crippen LogP contribution in [-0.4, -0.2) is 4.98 Å². The number of fused-ring (bicyclic) bond motifs is 1. The van der Waals surface area contributed by atoms with Gasteiger partial charge in [0.05, 0.1) is 16.2 Å². The highest BCUT2D eigenvalue weighted by atomic mass is 35.5. The maximum Gasteiger partial charge on any atom is 0.0902 e. The Morgan fingerprint density at radius 2 is 1.17 bits per heavy atom. The van der Waals surface area contributed by atoms with E-state index in [1.54, 1.807) is 0 Å². The van der Waals surface area contributed by atoms with Crippen LogP contribution in [0, 0.1) is 0 Å². The third-order valence-corrected chi connectivity index (χ3v) is 4.31. The molecule has 0 radical (unpaired) electrons. The van der Waals surface area contributed by atoms with Crippen LogP contribution in [0.4, 0.5) is 0 Å². The van der Waals surface area contributed by atoms with Crippen molar-refractivity contribution in [2.75, 3.05) is 0 Å². The van der Waals surface area contributed by atoms with Gasteiger partial charge in [-0.05, 0) is 11.6 Å². The molecular formula is C21H14ClN. The molecule has 0 aliphatic heterocycles. The Hall–Kier alpha value is -2.64. The van der Waals surface area contributed by atoms with Crippen molar-refractivity contribution >= 4 is 22.5 Å². The molecule has 1 aromatic heterocycles. The fourth-order valence-corrected chi connectivity index (χ4v) is 3.23. The lowest BCUT2D eigenvalue weighted by molar-refractivity contribution is 1.40. The Balaban J connectivity index is 2.10. The van der Waals surface area contributed by atoms with Gasteiger partial charge in [0.25, 0.3) is 0 Å². The minimum atomic E-state index is 0.695. The summed E-state index contributed by atoms with van der Waals surface area (Å²) in [7, 11) is 0. The largest absolute Gasteiger partial charge is 0.246 e. The number of hydrogen-bond donors (Lipinski definition) is 0. The fourth-order valence-electron chi connectivity index (χ4n) is 2.86. The molecule has 0 atom stereocenters. The van der Waals surface area contributed by atoms with E-state index < -0.39 is 0 Å². The van der Waals surface area contributed by atoms with Gasteiger partial charge in [-0.15, -0.1) is 0 Å². The molecular weight excluding hydrogens is 302 g/mol. The summed E-state index contributed by atoms with van der Waals surface area (Å²) in [6.07, 6.45) is 0. The third kappa shape index (κ3) is 2.49. The van der Waals surface area contributed by atoms with E-state index in [9.17, 15) is 0 Å². The van der Waals surface area contributed by atoms with Gasteiger partial charge in [-0.25, -0.2) is 4.98 Å². The molecule has 0 saturated heterocycles. The van der Waals surface area contributed by atoms with Gasteiger partial charge < -0.3 is 0 Å². The zero-order valence-corrected chi connectivity index (χ0v) is 13.2. The Morgan fingerprint density at radius 1 is 0.609 bits per heavy atom. The van der Waals surface area contributed by atoms with Gasteiger partial charge in [0, 0.05) is 16.5 Å². The lowest BCUT2D eigenvalue weighted by Crippen LogP contribution is -1.92. The number of pyridine rings is 1. The first-order valence-electron chi connectivity index (χ1n) is 7.53. The average Bonchev–Trinajstić information content (AvgIpc) is 2.63. The number of nitrogens with zero attached hydrogens (tertiary/aromatic N) is 1. The van der Waals surface area contributed by atoms with E-state index in [4.69, 9.17) is 16.6 Å². The average molecular weight is 316 g/mol. The van der Waals surface area contributed by atoms with Crippen molar-refractivity contribution in [2.45, 2.75) is 0 Å². The standard InChI is InChI=1S/C21H14ClN/c22-20-19(15-9-3-1-4-10-15)17-13-7-8-14-18(17)23-21(20)16-11-5-2-6-12-16/h1-14H. The predicted molar refractivity (Wildman–Crippen MR) is 97.6 cm³/mol. The molecule has 23 heavy (non-hydrogen) atoms. The zero-order valence-electron chi connectivity index (χ0n) is 12.4. The molecule has 2 heteroatoms. The van der Waals surface area contributed by atoms with Gasteiger partial charge in [-0.2, -0.15) is 0 Å². The number of halogens is 1. The van der Waals surface area contributed by atoms with Crippen molar-refractivity contribution in [1.29, 1.82) is 0 Å². The summed E-state index contributed by atoms with van der Waals surface area (Å²) < 4.78 is 0. The summed E-state index contributed by atoms with van der Waals surface area (Å²) in [5, 5.41) is 1.77. The lowest BCUT2D eigenvalue weighted by atomic mass is 9.98. The molecule has 0 amide bonds. The second kappa shape index (κ2) is 5.86. The van der Waals surface area contributed by atoms with Crippen molar-refractivity contribution in [3.8, 4) is 22.4 Å². The highest BCUT2D eigenvalue weighted by Crippen LogP contribution is 2.39. The van der Waals surface area contributed by atoms with Gasteiger partial charge in [0.2, 0.25) is 0 Å². The highest BCUT2D eigenvalue weighted by Gasteiger charge is 2.15. The second-order valence-corrected chi connectivity index (χ2v) is 5.78. The molecule has 0 bridgehead atoms. The highest BCUT2D eigenvalue weighted by molar-refractivity contribution is 6.37. The lowest BCUT2D eigenvalue weighted by Gasteiger charge is -2.13. The Morgan fingerprint density at radius 3 is 1.87 bits per heavy atom. The maximum atomic E-state index is 6.79. The molecule has 4 aromatic rings. The van der Waals surface area contributed by atoms with Crippen LogP contribution in [-0.2, 0) is 0 Å². The summed E-state index contributed by atoms with van der Waals surface area (Å²) in [6, 6.07) is 28.5. The minimum Gasteiger partial charge on any atom is -0.246 e. The predicted octanol–water partition coefficient (Wildman–Crippen LogP) is 6.22. The van der Waals surface area contributed by atoms with Crippen molar-refractivity contribution in [3.63, 3.8) is 0 Å². The van der Waals surface area contributed by atoms with Crippen LogP contribution in [0.15, 0.2) is 84.9 Å². The van der Waals surface area contributed by atoms with Crippen LogP contribution < -0.4 is 0 Å². The molecule has 1 heterocycles. The molecule has 4 rings (SSSR count). The molecule has 110 valence electrons. The van der Waals surface area contributed by atoms with E-state index in [1.165, 1.54) is 0 Å². The van der Waals surface area contributed by atoms with Crippen molar-refractivity contribution in [1.82, 2.24) is 4.98 Å². The van der Waals surface area contributed by atoms with Crippen molar-refractivity contribution < 1.29 is 0 Å². The zero-order chi connectivity index (χ0) is 15.6. The molecule has 0 fully saturated rings. The number of para-hydroxylation sites is 1. The first-order chi connectivity index (χ1) is 11.3. The van der Waals surface area contributed by atoms with E-state index in [0.29, 0.717) is 5.02 Å². The number of benzene rings is 3. The molecule has 0 aliphatic rings. The summed E-state index contributed by atoms with van der Waals surface area (Å²) in [5.74, 6) is 0. The maximum absolute atomic E-state index is 6.79. The quantitative estimate of drug-likeness (QED) is 0.428. The molecule has 0 aliphatic carbocycles. The topological polar surface area (TPSA) is 12.9 Å². The minimum absolute atomic E-state index is 0.695. The Labute approximate surface area is 140 Å². The third-order valence-electron chi connectivity index (χ3n) is 3.94. The fraction of sp³-hybridized carbons (Fsp3) is 0. The molecule has 0 N–H and O–H groups in total. The van der Waals surface area contributed by atoms with Crippen LogP contribution in [0.3, 0.4) is 0 Å². The van der Waals surface area contributed by atoms with Crippen molar-refractivity contribution in [3.05, 3.63) is 90.0 Å². The molecule has 0 spiro atoms. The first-order valence-corrected chi connectivity index (χ1v) is 7.91. The van der Waals surface area contributed by atoms with E-state index in [-0.39, 0.29) is 0 Å². The van der Waals surface area contributed by atoms with Crippen LogP contribution in [0.2, 0.25) is 5.02 Å². The van der Waals surface area contributed by atoms with Gasteiger partial charge in [0.15, 0.2) is 0 Å².